The maximum atomic E-state index is 13.0. The van der Waals surface area contributed by atoms with Crippen LogP contribution in [0.15, 0.2) is 36.5 Å². The summed E-state index contributed by atoms with van der Waals surface area (Å²) in [4.78, 5) is 21.7. The minimum Gasteiger partial charge on any atom is -0.474 e. The first-order valence-corrected chi connectivity index (χ1v) is 11.7. The van der Waals surface area contributed by atoms with Gasteiger partial charge in [-0.05, 0) is 69.7 Å². The Morgan fingerprint density at radius 1 is 1.24 bits per heavy atom. The van der Waals surface area contributed by atoms with Crippen molar-refractivity contribution >= 4 is 17.4 Å². The Hall–Kier alpha value is -3.07. The Balaban J connectivity index is 1.35. The molecule has 4 fully saturated rings. The van der Waals surface area contributed by atoms with Gasteiger partial charge in [-0.2, -0.15) is 0 Å². The van der Waals surface area contributed by atoms with E-state index in [2.05, 4.69) is 24.1 Å². The fourth-order valence-electron chi connectivity index (χ4n) is 5.42. The molecule has 34 heavy (non-hydrogen) atoms. The van der Waals surface area contributed by atoms with Gasteiger partial charge in [0.2, 0.25) is 5.88 Å². The number of hydrogen-bond acceptors (Lipinski definition) is 5. The quantitative estimate of drug-likeness (QED) is 0.533. The van der Waals surface area contributed by atoms with E-state index >= 15 is 0 Å². The molecule has 3 aromatic rings. The van der Waals surface area contributed by atoms with Crippen LogP contribution >= 0.6 is 0 Å². The lowest BCUT2D eigenvalue weighted by Crippen LogP contribution is -2.45. The molecule has 2 saturated carbocycles. The number of nitrogens with zero attached hydrogens (tertiary/aromatic N) is 3. The lowest BCUT2D eigenvalue weighted by Gasteiger charge is -2.41. The number of nitrogens with one attached hydrogen (secondary N) is 1. The third kappa shape index (κ3) is 3.53. The Bertz CT molecular complexity index is 1280. The maximum Gasteiger partial charge on any atom is 0.280 e. The summed E-state index contributed by atoms with van der Waals surface area (Å²) in [6, 6.07) is 7.59. The Morgan fingerprint density at radius 3 is 2.71 bits per heavy atom. The molecule has 178 valence electrons. The monoisotopic (exact) mass is 468 g/mol. The molecule has 2 saturated heterocycles. The van der Waals surface area contributed by atoms with Gasteiger partial charge in [-0.25, -0.2) is 18.7 Å². The molecule has 7 nitrogen and oxygen atoms in total. The van der Waals surface area contributed by atoms with Crippen LogP contribution in [-0.4, -0.2) is 38.6 Å². The van der Waals surface area contributed by atoms with Crippen LogP contribution in [0.1, 0.15) is 67.7 Å². The van der Waals surface area contributed by atoms with Gasteiger partial charge in [0.25, 0.3) is 12.3 Å². The van der Waals surface area contributed by atoms with Gasteiger partial charge in [0.1, 0.15) is 29.0 Å². The molecule has 2 bridgehead atoms. The minimum atomic E-state index is -2.71. The standard InChI is InChI=1S/C25H26F2N4O3/c1-14(15-6-7-15)34-23-20(25-11-24(2,12-25)33-13-25)30-19-9-8-16(10-31(19)23)22(32)29-18-5-3-4-17(28-18)21(26)27/h3-5,8-10,14-15,21H,6-7,11-13H2,1-2H3,(H,28,29,32). The number of aromatic nitrogens is 3. The van der Waals surface area contributed by atoms with E-state index in [1.165, 1.54) is 18.2 Å². The van der Waals surface area contributed by atoms with Crippen molar-refractivity contribution < 1.29 is 23.0 Å². The minimum absolute atomic E-state index is 0.0441. The molecule has 1 N–H and O–H groups in total. The fourth-order valence-corrected chi connectivity index (χ4v) is 5.42. The number of carbonyl (C=O) groups is 1. The summed E-state index contributed by atoms with van der Waals surface area (Å²) in [6.07, 6.45) is 3.13. The number of hydrogen-bond donors (Lipinski definition) is 1. The lowest BCUT2D eigenvalue weighted by molar-refractivity contribution is 0.0149. The summed E-state index contributed by atoms with van der Waals surface area (Å²) in [5, 5.41) is 2.61. The largest absolute Gasteiger partial charge is 0.474 e. The number of carbonyl (C=O) groups excluding carboxylic acids is 1. The number of amides is 1. The number of halogens is 2. The van der Waals surface area contributed by atoms with Crippen molar-refractivity contribution in [3.8, 4) is 5.88 Å². The molecule has 0 aromatic carbocycles. The van der Waals surface area contributed by atoms with Crippen molar-refractivity contribution in [1.29, 1.82) is 0 Å². The molecule has 2 aliphatic heterocycles. The number of alkyl halides is 2. The second-order valence-corrected chi connectivity index (χ2v) is 10.1. The van der Waals surface area contributed by atoms with E-state index in [4.69, 9.17) is 14.5 Å². The van der Waals surface area contributed by atoms with Gasteiger partial charge >= 0.3 is 0 Å². The number of fused-ring (bicyclic) bond motifs is 2. The van der Waals surface area contributed by atoms with Crippen LogP contribution in [-0.2, 0) is 10.2 Å². The first-order chi connectivity index (χ1) is 16.3. The number of ether oxygens (including phenoxy) is 2. The van der Waals surface area contributed by atoms with Crippen LogP contribution in [0.3, 0.4) is 0 Å². The number of pyridine rings is 2. The highest BCUT2D eigenvalue weighted by atomic mass is 19.3. The SMILES string of the molecule is CC(Oc1c(C23COC(C)(C2)C3)nc2ccc(C(=O)Nc3cccc(C(F)F)n3)cn12)C1CC1. The van der Waals surface area contributed by atoms with Crippen molar-refractivity contribution in [1.82, 2.24) is 14.4 Å². The lowest BCUT2D eigenvalue weighted by atomic mass is 9.61. The Kier molecular flexibility index (Phi) is 4.71. The zero-order valence-corrected chi connectivity index (χ0v) is 19.1. The zero-order valence-electron chi connectivity index (χ0n) is 19.1. The van der Waals surface area contributed by atoms with E-state index in [1.807, 2.05) is 4.40 Å². The summed E-state index contributed by atoms with van der Waals surface area (Å²) >= 11 is 0. The first-order valence-electron chi connectivity index (χ1n) is 11.7. The zero-order chi connectivity index (χ0) is 23.7. The van der Waals surface area contributed by atoms with Crippen molar-refractivity contribution in [2.45, 2.75) is 63.1 Å². The smallest absolute Gasteiger partial charge is 0.280 e. The average Bonchev–Trinajstić information content (AvgIpc) is 3.41. The van der Waals surface area contributed by atoms with E-state index in [1.54, 1.807) is 18.3 Å². The highest BCUT2D eigenvalue weighted by Crippen LogP contribution is 2.60. The predicted molar refractivity (Wildman–Crippen MR) is 120 cm³/mol. The van der Waals surface area contributed by atoms with Crippen LogP contribution in [0.25, 0.3) is 5.65 Å². The van der Waals surface area contributed by atoms with Gasteiger partial charge in [0.05, 0.1) is 17.8 Å². The molecular weight excluding hydrogens is 442 g/mol. The molecule has 4 aliphatic rings. The first kappa shape index (κ1) is 21.5. The third-order valence-electron chi connectivity index (χ3n) is 7.28. The fraction of sp³-hybridized carbons (Fsp3) is 0.480. The molecule has 0 spiro atoms. The summed E-state index contributed by atoms with van der Waals surface area (Å²) in [7, 11) is 0. The van der Waals surface area contributed by atoms with Crippen molar-refractivity contribution in [2.24, 2.45) is 5.92 Å². The number of imidazole rings is 1. The summed E-state index contributed by atoms with van der Waals surface area (Å²) in [5.41, 5.74) is 1.28. The van der Waals surface area contributed by atoms with Gasteiger partial charge in [-0.1, -0.05) is 6.07 Å². The van der Waals surface area contributed by atoms with Gasteiger partial charge < -0.3 is 14.8 Å². The van der Waals surface area contributed by atoms with Crippen molar-refractivity contribution in [2.75, 3.05) is 11.9 Å². The van der Waals surface area contributed by atoms with Crippen molar-refractivity contribution in [3.05, 3.63) is 53.5 Å². The van der Waals surface area contributed by atoms with Crippen LogP contribution in [0, 0.1) is 5.92 Å². The molecule has 3 aromatic heterocycles. The summed E-state index contributed by atoms with van der Waals surface area (Å²) < 4.78 is 40.3. The maximum absolute atomic E-state index is 13.0. The van der Waals surface area contributed by atoms with E-state index in [0.29, 0.717) is 29.6 Å². The van der Waals surface area contributed by atoms with E-state index in [9.17, 15) is 13.6 Å². The number of anilines is 1. The average molecular weight is 469 g/mol. The van der Waals surface area contributed by atoms with Crippen LogP contribution in [0.4, 0.5) is 14.6 Å². The molecule has 1 unspecified atom stereocenters. The highest BCUT2D eigenvalue weighted by Gasteiger charge is 2.63. The van der Waals surface area contributed by atoms with Gasteiger partial charge in [-0.3, -0.25) is 9.20 Å². The molecule has 2 aliphatic carbocycles. The van der Waals surface area contributed by atoms with Crippen LogP contribution < -0.4 is 10.1 Å². The van der Waals surface area contributed by atoms with Crippen LogP contribution in [0.2, 0.25) is 0 Å². The second-order valence-electron chi connectivity index (χ2n) is 10.1. The molecule has 1 atom stereocenters. The van der Waals surface area contributed by atoms with Crippen molar-refractivity contribution in [3.63, 3.8) is 0 Å². The molecule has 7 rings (SSSR count). The Morgan fingerprint density at radius 2 is 2.03 bits per heavy atom. The topological polar surface area (TPSA) is 77.8 Å². The molecule has 1 amide bonds. The van der Waals surface area contributed by atoms with Gasteiger partial charge in [-0.15, -0.1) is 0 Å². The van der Waals surface area contributed by atoms with Crippen LogP contribution in [0.5, 0.6) is 5.88 Å². The normalized spacial score (nSPS) is 26.5. The molecule has 9 heteroatoms. The summed E-state index contributed by atoms with van der Waals surface area (Å²) in [5.74, 6) is 0.816. The van der Waals surface area contributed by atoms with Gasteiger partial charge in [0.15, 0.2) is 0 Å². The second kappa shape index (κ2) is 7.46. The molecule has 5 heterocycles. The number of rotatable bonds is 7. The van der Waals surface area contributed by atoms with E-state index in [0.717, 1.165) is 31.4 Å². The van der Waals surface area contributed by atoms with Gasteiger partial charge in [0, 0.05) is 11.6 Å². The van der Waals surface area contributed by atoms with E-state index in [-0.39, 0.29) is 28.6 Å². The predicted octanol–water partition coefficient (Wildman–Crippen LogP) is 4.92. The molecular formula is C25H26F2N4O3. The summed E-state index contributed by atoms with van der Waals surface area (Å²) in [6.45, 7) is 4.81. The highest BCUT2D eigenvalue weighted by molar-refractivity contribution is 6.03. The van der Waals surface area contributed by atoms with E-state index < -0.39 is 12.3 Å². The Labute approximate surface area is 195 Å². The third-order valence-corrected chi connectivity index (χ3v) is 7.28. The molecule has 0 radical (unpaired) electrons.